The minimum absolute atomic E-state index is 0.132. The van der Waals surface area contributed by atoms with Crippen LogP contribution in [0.1, 0.15) is 46.0 Å². The maximum Gasteiger partial charge on any atom is 0.353 e. The third-order valence-electron chi connectivity index (χ3n) is 7.40. The lowest BCUT2D eigenvalue weighted by Crippen LogP contribution is -2.58. The molecule has 0 aromatic carbocycles. The number of hydrogen-bond donors (Lipinski definition) is 3. The van der Waals surface area contributed by atoms with Gasteiger partial charge in [-0.15, -0.1) is 0 Å². The zero-order chi connectivity index (χ0) is 25.9. The van der Waals surface area contributed by atoms with E-state index in [9.17, 15) is 14.4 Å². The smallest absolute Gasteiger partial charge is 0.338 e. The summed E-state index contributed by atoms with van der Waals surface area (Å²) in [4.78, 5) is 47.6. The van der Waals surface area contributed by atoms with E-state index in [2.05, 4.69) is 21.3 Å². The number of carbonyl (C=O) groups excluding carboxylic acids is 2. The summed E-state index contributed by atoms with van der Waals surface area (Å²) in [6.45, 7) is 8.21. The van der Waals surface area contributed by atoms with E-state index in [1.54, 1.807) is 40.5 Å². The summed E-state index contributed by atoms with van der Waals surface area (Å²) >= 11 is 0. The topological polar surface area (TPSA) is 143 Å². The van der Waals surface area contributed by atoms with Crippen LogP contribution in [0.25, 0.3) is 5.70 Å². The van der Waals surface area contributed by atoms with Gasteiger partial charge in [0, 0.05) is 50.7 Å². The number of nitrogens with zero attached hydrogens (tertiary/aromatic N) is 5. The summed E-state index contributed by atoms with van der Waals surface area (Å²) < 4.78 is 1.57. The fraction of sp³-hybridized carbons (Fsp3) is 0.680. The van der Waals surface area contributed by atoms with Crippen molar-refractivity contribution < 1.29 is 9.59 Å². The molecule has 1 aromatic rings. The van der Waals surface area contributed by atoms with Gasteiger partial charge < -0.3 is 26.2 Å². The molecule has 4 rings (SSSR count). The Labute approximate surface area is 212 Å². The fourth-order valence-corrected chi connectivity index (χ4v) is 5.16. The second-order valence-corrected chi connectivity index (χ2v) is 10.9. The average Bonchev–Trinajstić information content (AvgIpc) is 2.85. The molecule has 1 unspecified atom stereocenters. The molecule has 11 nitrogen and oxygen atoms in total. The molecule has 1 atom stereocenters. The van der Waals surface area contributed by atoms with Crippen LogP contribution in [0.2, 0.25) is 0 Å². The zero-order valence-electron chi connectivity index (χ0n) is 21.5. The minimum atomic E-state index is -0.936. The van der Waals surface area contributed by atoms with Crippen LogP contribution >= 0.6 is 0 Å². The number of carbonyl (C=O) groups is 2. The van der Waals surface area contributed by atoms with Crippen molar-refractivity contribution in [3.05, 3.63) is 28.8 Å². The molecule has 11 heteroatoms. The van der Waals surface area contributed by atoms with Gasteiger partial charge in [-0.25, -0.2) is 9.59 Å². The van der Waals surface area contributed by atoms with Crippen molar-refractivity contribution in [3.8, 4) is 0 Å². The molecule has 198 valence electrons. The van der Waals surface area contributed by atoms with Crippen LogP contribution in [-0.2, 0) is 4.79 Å². The van der Waals surface area contributed by atoms with Crippen LogP contribution in [0.5, 0.6) is 0 Å². The van der Waals surface area contributed by atoms with Gasteiger partial charge in [0.2, 0.25) is 5.91 Å². The van der Waals surface area contributed by atoms with Gasteiger partial charge in [0.15, 0.2) is 0 Å². The Kier molecular flexibility index (Phi) is 8.11. The number of allylic oxidation sites excluding steroid dienone is 2. The Morgan fingerprint density at radius 1 is 1.08 bits per heavy atom. The number of anilines is 1. The molecule has 5 N–H and O–H groups in total. The van der Waals surface area contributed by atoms with Crippen molar-refractivity contribution in [2.24, 2.45) is 17.4 Å². The Morgan fingerprint density at radius 2 is 1.75 bits per heavy atom. The van der Waals surface area contributed by atoms with E-state index in [1.807, 2.05) is 0 Å². The van der Waals surface area contributed by atoms with E-state index in [0.717, 1.165) is 57.4 Å². The molecule has 0 saturated carbocycles. The van der Waals surface area contributed by atoms with Crippen molar-refractivity contribution in [3.63, 3.8) is 0 Å². The highest BCUT2D eigenvalue weighted by Gasteiger charge is 2.31. The summed E-state index contributed by atoms with van der Waals surface area (Å²) in [5.41, 5.74) is 11.5. The van der Waals surface area contributed by atoms with Crippen molar-refractivity contribution in [2.45, 2.75) is 57.5 Å². The Morgan fingerprint density at radius 3 is 2.33 bits per heavy atom. The summed E-state index contributed by atoms with van der Waals surface area (Å²) in [7, 11) is 0. The summed E-state index contributed by atoms with van der Waals surface area (Å²) in [5.74, 6) is 0.685. The third-order valence-corrected chi connectivity index (χ3v) is 7.40. The second-order valence-electron chi connectivity index (χ2n) is 10.9. The monoisotopic (exact) mass is 500 g/mol. The van der Waals surface area contributed by atoms with E-state index in [-0.39, 0.29) is 17.8 Å². The number of amides is 3. The van der Waals surface area contributed by atoms with Gasteiger partial charge >= 0.3 is 11.7 Å². The highest BCUT2D eigenvalue weighted by molar-refractivity contribution is 5.89. The summed E-state index contributed by atoms with van der Waals surface area (Å²) in [6.07, 6.45) is 8.78. The minimum Gasteiger partial charge on any atom is -0.338 e. The van der Waals surface area contributed by atoms with Crippen LogP contribution in [0, 0.1) is 5.92 Å². The van der Waals surface area contributed by atoms with Crippen molar-refractivity contribution in [2.75, 3.05) is 51.1 Å². The quantitative estimate of drug-likeness (QED) is 0.541. The second kappa shape index (κ2) is 11.1. The molecular formula is C25H40N8O3. The van der Waals surface area contributed by atoms with Gasteiger partial charge in [0.1, 0.15) is 5.82 Å². The number of nitrogens with one attached hydrogen (secondary N) is 1. The lowest BCUT2D eigenvalue weighted by molar-refractivity contribution is -0.137. The van der Waals surface area contributed by atoms with Crippen LogP contribution in [0.3, 0.4) is 0 Å². The van der Waals surface area contributed by atoms with Gasteiger partial charge in [-0.2, -0.15) is 4.98 Å². The van der Waals surface area contributed by atoms with Crippen molar-refractivity contribution in [1.29, 1.82) is 0 Å². The maximum atomic E-state index is 12.7. The van der Waals surface area contributed by atoms with Crippen LogP contribution in [0.15, 0.2) is 23.1 Å². The SMILES string of the molecule is CC(C)(N)C(=O)N1CCN(C(=O)Nc2ccn(C3=CCC(CN4CCC(N)CC4)CC3)c(=O)n2)CC1. The van der Waals surface area contributed by atoms with Crippen LogP contribution in [-0.4, -0.2) is 93.6 Å². The molecule has 3 heterocycles. The van der Waals surface area contributed by atoms with E-state index < -0.39 is 11.2 Å². The van der Waals surface area contributed by atoms with Gasteiger partial charge in [0.05, 0.1) is 5.54 Å². The molecule has 1 aliphatic carbocycles. The molecular weight excluding hydrogens is 460 g/mol. The molecule has 0 bridgehead atoms. The molecule has 1 aromatic heterocycles. The van der Waals surface area contributed by atoms with E-state index in [1.165, 1.54) is 0 Å². The predicted octanol–water partition coefficient (Wildman–Crippen LogP) is 0.721. The van der Waals surface area contributed by atoms with E-state index in [4.69, 9.17) is 11.5 Å². The Bertz CT molecular complexity index is 1030. The first-order valence-electron chi connectivity index (χ1n) is 13.0. The molecule has 3 aliphatic rings. The summed E-state index contributed by atoms with van der Waals surface area (Å²) in [5, 5.41) is 2.71. The number of piperazine rings is 1. The van der Waals surface area contributed by atoms with Crippen molar-refractivity contribution >= 4 is 23.5 Å². The van der Waals surface area contributed by atoms with E-state index in [0.29, 0.717) is 38.1 Å². The number of urea groups is 1. The molecule has 36 heavy (non-hydrogen) atoms. The molecule has 0 radical (unpaired) electrons. The molecule has 2 fully saturated rings. The van der Waals surface area contributed by atoms with Crippen LogP contribution in [0.4, 0.5) is 10.6 Å². The first-order chi connectivity index (χ1) is 17.1. The largest absolute Gasteiger partial charge is 0.353 e. The van der Waals surface area contributed by atoms with Gasteiger partial charge in [0.25, 0.3) is 0 Å². The summed E-state index contributed by atoms with van der Waals surface area (Å²) in [6, 6.07) is 1.66. The lowest BCUT2D eigenvalue weighted by Gasteiger charge is -2.37. The number of aromatic nitrogens is 2. The van der Waals surface area contributed by atoms with Crippen molar-refractivity contribution in [1.82, 2.24) is 24.3 Å². The zero-order valence-corrected chi connectivity index (χ0v) is 21.5. The average molecular weight is 501 g/mol. The highest BCUT2D eigenvalue weighted by Crippen LogP contribution is 2.27. The number of hydrogen-bond acceptors (Lipinski definition) is 7. The predicted molar refractivity (Wildman–Crippen MR) is 139 cm³/mol. The van der Waals surface area contributed by atoms with Crippen LogP contribution < -0.4 is 22.5 Å². The first kappa shape index (κ1) is 26.3. The standard InChI is InChI=1S/C25H40N8O3/c1-25(2,27)22(34)31-13-15-32(16-14-31)23(35)28-21-9-12-33(24(36)29-21)20-5-3-18(4-6-20)17-30-10-7-19(26)8-11-30/h5,9,12,18-19H,3-4,6-8,10-11,13-17,26-27H2,1-2H3,(H,28,29,35,36). The normalized spacial score (nSPS) is 22.3. The molecule has 0 spiro atoms. The molecule has 2 saturated heterocycles. The Balaban J connectivity index is 1.28. The van der Waals surface area contributed by atoms with Gasteiger partial charge in [-0.1, -0.05) is 6.08 Å². The number of piperidine rings is 1. The van der Waals surface area contributed by atoms with Gasteiger partial charge in [-0.3, -0.25) is 14.7 Å². The lowest BCUT2D eigenvalue weighted by atomic mass is 9.91. The molecule has 3 amide bonds. The molecule has 2 aliphatic heterocycles. The third kappa shape index (κ3) is 6.51. The van der Waals surface area contributed by atoms with Gasteiger partial charge in [-0.05, 0) is 71.0 Å². The van der Waals surface area contributed by atoms with E-state index >= 15 is 0 Å². The Hall–Kier alpha value is -2.76. The first-order valence-corrected chi connectivity index (χ1v) is 13.0. The number of likely N-dealkylation sites (tertiary alicyclic amines) is 1. The number of rotatable bonds is 5. The maximum absolute atomic E-state index is 12.7. The highest BCUT2D eigenvalue weighted by atomic mass is 16.2. The number of nitrogens with two attached hydrogens (primary N) is 2. The fourth-order valence-electron chi connectivity index (χ4n) is 5.16.